The fourth-order valence-corrected chi connectivity index (χ4v) is 1.53. The van der Waals surface area contributed by atoms with E-state index in [1.165, 1.54) is 11.1 Å². The maximum atomic E-state index is 5.61. The van der Waals surface area contributed by atoms with E-state index in [9.17, 15) is 0 Å². The predicted molar refractivity (Wildman–Crippen MR) is 76.8 cm³/mol. The van der Waals surface area contributed by atoms with Crippen molar-refractivity contribution in [3.8, 4) is 0 Å². The third-order valence-corrected chi connectivity index (χ3v) is 2.72. The second kappa shape index (κ2) is 7.72. The summed E-state index contributed by atoms with van der Waals surface area (Å²) in [4.78, 5) is 0. The molecule has 3 rings (SSSR count). The minimum Gasteiger partial charge on any atom is -0.373 e. The number of benzene rings is 2. The van der Waals surface area contributed by atoms with E-state index in [1.54, 1.807) is 0 Å². The summed E-state index contributed by atoms with van der Waals surface area (Å²) in [5, 5.41) is 0. The zero-order valence-corrected chi connectivity index (χ0v) is 11.3. The maximum absolute atomic E-state index is 5.61. The van der Waals surface area contributed by atoms with Crippen LogP contribution < -0.4 is 0 Å². The molecule has 2 aromatic carbocycles. The van der Waals surface area contributed by atoms with Gasteiger partial charge in [0.15, 0.2) is 0 Å². The van der Waals surface area contributed by atoms with Crippen LogP contribution in [-0.2, 0) is 22.7 Å². The van der Waals surface area contributed by atoms with E-state index >= 15 is 0 Å². The topological polar surface area (TPSA) is 21.8 Å². The van der Waals surface area contributed by atoms with Crippen molar-refractivity contribution in [1.29, 1.82) is 0 Å². The van der Waals surface area contributed by atoms with Crippen molar-refractivity contribution in [3.05, 3.63) is 71.8 Å². The van der Waals surface area contributed by atoms with E-state index in [1.807, 2.05) is 36.4 Å². The van der Waals surface area contributed by atoms with E-state index in [-0.39, 0.29) is 0 Å². The quantitative estimate of drug-likeness (QED) is 0.776. The van der Waals surface area contributed by atoms with Gasteiger partial charge in [-0.15, -0.1) is 0 Å². The largest absolute Gasteiger partial charge is 0.373 e. The molecule has 0 unspecified atom stereocenters. The van der Waals surface area contributed by atoms with Crippen molar-refractivity contribution in [2.45, 2.75) is 26.2 Å². The Hall–Kier alpha value is -1.64. The molecule has 0 bridgehead atoms. The summed E-state index contributed by atoms with van der Waals surface area (Å²) in [7, 11) is 0. The molecule has 0 radical (unpaired) electrons. The van der Waals surface area contributed by atoms with Gasteiger partial charge in [-0.05, 0) is 18.1 Å². The Morgan fingerprint density at radius 1 is 0.895 bits per heavy atom. The van der Waals surface area contributed by atoms with Gasteiger partial charge in [-0.1, -0.05) is 60.7 Å². The minimum absolute atomic E-state index is 0.583. The van der Waals surface area contributed by atoms with Crippen molar-refractivity contribution in [2.75, 3.05) is 6.61 Å². The maximum Gasteiger partial charge on any atom is 0.0781 e. The SMILES string of the molecule is C[C@@H]1CO1.c1ccc(COCc2ccccc2)cc1. The Morgan fingerprint density at radius 3 is 1.58 bits per heavy atom. The Bertz CT molecular complexity index is 410. The minimum atomic E-state index is 0.583. The Labute approximate surface area is 115 Å². The lowest BCUT2D eigenvalue weighted by Gasteiger charge is -2.03. The molecule has 0 aromatic heterocycles. The molecule has 1 heterocycles. The summed E-state index contributed by atoms with van der Waals surface area (Å²) in [5.41, 5.74) is 2.43. The Balaban J connectivity index is 0.000000284. The van der Waals surface area contributed by atoms with E-state index < -0.39 is 0 Å². The first-order valence-corrected chi connectivity index (χ1v) is 6.62. The van der Waals surface area contributed by atoms with E-state index in [4.69, 9.17) is 9.47 Å². The summed E-state index contributed by atoms with van der Waals surface area (Å²) in [6.45, 7) is 4.39. The van der Waals surface area contributed by atoms with E-state index in [0.717, 1.165) is 6.61 Å². The van der Waals surface area contributed by atoms with Crippen molar-refractivity contribution in [3.63, 3.8) is 0 Å². The highest BCUT2D eigenvalue weighted by molar-refractivity contribution is 5.15. The van der Waals surface area contributed by atoms with Crippen molar-refractivity contribution in [2.24, 2.45) is 0 Å². The third kappa shape index (κ3) is 6.18. The van der Waals surface area contributed by atoms with Crippen LogP contribution in [0.1, 0.15) is 18.1 Å². The zero-order chi connectivity index (χ0) is 13.3. The number of ether oxygens (including phenoxy) is 2. The normalized spacial score (nSPS) is 16.4. The summed E-state index contributed by atoms with van der Waals surface area (Å²) >= 11 is 0. The molecule has 1 aliphatic heterocycles. The van der Waals surface area contributed by atoms with Gasteiger partial charge >= 0.3 is 0 Å². The van der Waals surface area contributed by atoms with Crippen LogP contribution in [0.25, 0.3) is 0 Å². The molecule has 1 aliphatic rings. The summed E-state index contributed by atoms with van der Waals surface area (Å²) < 4.78 is 10.3. The van der Waals surface area contributed by atoms with Crippen LogP contribution in [-0.4, -0.2) is 12.7 Å². The summed E-state index contributed by atoms with van der Waals surface area (Å²) in [6.07, 6.45) is 0.583. The standard InChI is InChI=1S/C14H14O.C3H6O/c1-3-7-13(8-4-1)11-15-12-14-9-5-2-6-10-14;1-3-2-4-3/h1-10H,11-12H2;3H,2H2,1H3/t;3-/m.1/s1. The van der Waals surface area contributed by atoms with Crippen molar-refractivity contribution >= 4 is 0 Å². The smallest absolute Gasteiger partial charge is 0.0781 e. The Kier molecular flexibility index (Phi) is 5.60. The molecule has 2 heteroatoms. The molecule has 0 N–H and O–H groups in total. The van der Waals surface area contributed by atoms with E-state index in [2.05, 4.69) is 31.2 Å². The lowest BCUT2D eigenvalue weighted by Crippen LogP contribution is -1.93. The molecular formula is C17H20O2. The molecule has 19 heavy (non-hydrogen) atoms. The first-order valence-electron chi connectivity index (χ1n) is 6.62. The molecule has 1 fully saturated rings. The highest BCUT2D eigenvalue weighted by Gasteiger charge is 2.13. The van der Waals surface area contributed by atoms with Gasteiger partial charge in [0.2, 0.25) is 0 Å². The van der Waals surface area contributed by atoms with Crippen LogP contribution in [0.4, 0.5) is 0 Å². The molecule has 2 aromatic rings. The molecule has 1 saturated heterocycles. The van der Waals surface area contributed by atoms with Gasteiger partial charge in [0, 0.05) is 0 Å². The monoisotopic (exact) mass is 256 g/mol. The Morgan fingerprint density at radius 2 is 1.26 bits per heavy atom. The van der Waals surface area contributed by atoms with Crippen LogP contribution in [0.5, 0.6) is 0 Å². The molecule has 0 saturated carbocycles. The average Bonchev–Trinajstić information content (AvgIpc) is 3.24. The van der Waals surface area contributed by atoms with Crippen LogP contribution in [0.2, 0.25) is 0 Å². The van der Waals surface area contributed by atoms with Crippen molar-refractivity contribution < 1.29 is 9.47 Å². The third-order valence-electron chi connectivity index (χ3n) is 2.72. The van der Waals surface area contributed by atoms with Gasteiger partial charge in [-0.3, -0.25) is 0 Å². The fourth-order valence-electron chi connectivity index (χ4n) is 1.53. The van der Waals surface area contributed by atoms with Gasteiger partial charge in [0.1, 0.15) is 0 Å². The predicted octanol–water partition coefficient (Wildman–Crippen LogP) is 3.81. The summed E-state index contributed by atoms with van der Waals surface area (Å²) in [6, 6.07) is 20.4. The highest BCUT2D eigenvalue weighted by atomic mass is 16.6. The molecule has 0 aliphatic carbocycles. The molecule has 100 valence electrons. The van der Waals surface area contributed by atoms with Crippen molar-refractivity contribution in [1.82, 2.24) is 0 Å². The van der Waals surface area contributed by atoms with Gasteiger partial charge < -0.3 is 9.47 Å². The number of epoxide rings is 1. The highest BCUT2D eigenvalue weighted by Crippen LogP contribution is 2.05. The van der Waals surface area contributed by atoms with Gasteiger partial charge in [0.25, 0.3) is 0 Å². The number of hydrogen-bond donors (Lipinski definition) is 0. The second-order valence-corrected chi connectivity index (χ2v) is 4.61. The van der Waals surface area contributed by atoms with Gasteiger partial charge in [0.05, 0.1) is 25.9 Å². The molecule has 0 spiro atoms. The average molecular weight is 256 g/mol. The molecule has 1 atom stereocenters. The van der Waals surface area contributed by atoms with Crippen LogP contribution in [0.3, 0.4) is 0 Å². The summed E-state index contributed by atoms with van der Waals surface area (Å²) in [5.74, 6) is 0. The lowest BCUT2D eigenvalue weighted by molar-refractivity contribution is 0.107. The first kappa shape index (κ1) is 13.8. The lowest BCUT2D eigenvalue weighted by atomic mass is 10.2. The van der Waals surface area contributed by atoms with E-state index in [0.29, 0.717) is 19.3 Å². The fraction of sp³-hybridized carbons (Fsp3) is 0.294. The zero-order valence-electron chi connectivity index (χ0n) is 11.3. The number of rotatable bonds is 4. The number of hydrogen-bond acceptors (Lipinski definition) is 2. The van der Waals surface area contributed by atoms with Crippen LogP contribution >= 0.6 is 0 Å². The van der Waals surface area contributed by atoms with Gasteiger partial charge in [-0.25, -0.2) is 0 Å². The van der Waals surface area contributed by atoms with Crippen LogP contribution in [0, 0.1) is 0 Å². The first-order chi connectivity index (χ1) is 9.34. The molecule has 0 amide bonds. The van der Waals surface area contributed by atoms with Gasteiger partial charge in [-0.2, -0.15) is 0 Å². The second-order valence-electron chi connectivity index (χ2n) is 4.61. The molecular weight excluding hydrogens is 236 g/mol. The van der Waals surface area contributed by atoms with Crippen LogP contribution in [0.15, 0.2) is 60.7 Å². The molecule has 2 nitrogen and oxygen atoms in total.